The lowest BCUT2D eigenvalue weighted by Gasteiger charge is -2.36. The third-order valence-electron chi connectivity index (χ3n) is 5.43. The van der Waals surface area contributed by atoms with E-state index in [0.29, 0.717) is 13.1 Å². The third kappa shape index (κ3) is 6.26. The minimum Gasteiger partial charge on any atom is -0.444 e. The first-order valence-corrected chi connectivity index (χ1v) is 14.3. The zero-order chi connectivity index (χ0) is 22.9. The van der Waals surface area contributed by atoms with Crippen molar-refractivity contribution in [3.05, 3.63) is 27.8 Å². The Balaban J connectivity index is 2.19. The highest BCUT2D eigenvalue weighted by atomic mass is 28.3. The monoisotopic (exact) mass is 429 g/mol. The number of nitrogens with two attached hydrogens (primary N) is 1. The van der Waals surface area contributed by atoms with Crippen LogP contribution in [-0.2, 0) is 11.3 Å². The van der Waals surface area contributed by atoms with Gasteiger partial charge in [0.25, 0.3) is 0 Å². The Bertz CT molecular complexity index is 862. The van der Waals surface area contributed by atoms with Crippen molar-refractivity contribution < 1.29 is 9.53 Å². The van der Waals surface area contributed by atoms with E-state index in [-0.39, 0.29) is 6.09 Å². The molecule has 6 heteroatoms. The number of nitrogens with zero attached hydrogens (tertiary/aromatic N) is 2. The molecule has 1 aliphatic rings. The van der Waals surface area contributed by atoms with Gasteiger partial charge in [0, 0.05) is 44.0 Å². The molecule has 0 spiro atoms. The topological polar surface area (TPSA) is 58.8 Å². The molecule has 1 fully saturated rings. The van der Waals surface area contributed by atoms with Crippen molar-refractivity contribution in [2.75, 3.05) is 31.9 Å². The fourth-order valence-corrected chi connectivity index (χ4v) is 4.11. The number of piperazine rings is 1. The molecule has 0 aromatic heterocycles. The number of benzene rings is 1. The van der Waals surface area contributed by atoms with Gasteiger partial charge in [0.05, 0.1) is 0 Å². The highest BCUT2D eigenvalue weighted by molar-refractivity contribution is 6.83. The van der Waals surface area contributed by atoms with Crippen molar-refractivity contribution in [2.24, 2.45) is 0 Å². The first-order valence-electron chi connectivity index (χ1n) is 10.8. The summed E-state index contributed by atoms with van der Waals surface area (Å²) in [7, 11) is -1.47. The van der Waals surface area contributed by atoms with E-state index in [1.807, 2.05) is 20.8 Å². The predicted molar refractivity (Wildman–Crippen MR) is 128 cm³/mol. The van der Waals surface area contributed by atoms with Gasteiger partial charge in [0.2, 0.25) is 0 Å². The van der Waals surface area contributed by atoms with Gasteiger partial charge in [-0.25, -0.2) is 4.79 Å². The van der Waals surface area contributed by atoms with Crippen LogP contribution in [0.15, 0.2) is 0 Å². The van der Waals surface area contributed by atoms with Crippen molar-refractivity contribution in [1.29, 1.82) is 0 Å². The number of rotatable bonds is 2. The van der Waals surface area contributed by atoms with Crippen LogP contribution in [0.4, 0.5) is 10.5 Å². The molecule has 1 amide bonds. The Morgan fingerprint density at radius 1 is 1.03 bits per heavy atom. The van der Waals surface area contributed by atoms with Gasteiger partial charge in [-0.2, -0.15) is 0 Å². The first-order chi connectivity index (χ1) is 13.7. The lowest BCUT2D eigenvalue weighted by Crippen LogP contribution is -2.49. The Kier molecular flexibility index (Phi) is 7.31. The van der Waals surface area contributed by atoms with Crippen LogP contribution >= 0.6 is 0 Å². The summed E-state index contributed by atoms with van der Waals surface area (Å²) in [6.07, 6.45) is -0.224. The van der Waals surface area contributed by atoms with Gasteiger partial charge in [-0.1, -0.05) is 25.6 Å². The number of hydrogen-bond acceptors (Lipinski definition) is 4. The summed E-state index contributed by atoms with van der Waals surface area (Å²) in [5, 5.41) is 0. The van der Waals surface area contributed by atoms with Gasteiger partial charge in [0.15, 0.2) is 0 Å². The molecular weight excluding hydrogens is 390 g/mol. The van der Waals surface area contributed by atoms with Gasteiger partial charge in [0.1, 0.15) is 13.7 Å². The van der Waals surface area contributed by atoms with Crippen LogP contribution in [0.1, 0.15) is 48.6 Å². The molecule has 0 bridgehead atoms. The standard InChI is InChI=1S/C24H39N3O2Si/c1-17-20(10-15-30(7,8)9)18(2)22(25)19(3)21(17)16-26-11-13-27(14-12-26)23(28)29-24(4,5)6/h11-14,16,25H2,1-9H3. The van der Waals surface area contributed by atoms with E-state index in [2.05, 4.69) is 56.8 Å². The van der Waals surface area contributed by atoms with Crippen LogP contribution in [-0.4, -0.2) is 55.7 Å². The molecule has 0 saturated carbocycles. The molecule has 166 valence electrons. The van der Waals surface area contributed by atoms with Gasteiger partial charge < -0.3 is 15.4 Å². The van der Waals surface area contributed by atoms with Gasteiger partial charge in [-0.3, -0.25) is 4.90 Å². The maximum atomic E-state index is 12.3. The van der Waals surface area contributed by atoms with E-state index in [4.69, 9.17) is 10.5 Å². The summed E-state index contributed by atoms with van der Waals surface area (Å²) in [6, 6.07) is 0. The number of carbonyl (C=O) groups is 1. The number of hydrogen-bond donors (Lipinski definition) is 1. The van der Waals surface area contributed by atoms with E-state index in [0.717, 1.165) is 42.0 Å². The predicted octanol–water partition coefficient (Wildman–Crippen LogP) is 4.48. The molecule has 1 aliphatic heterocycles. The molecule has 0 atom stereocenters. The molecular formula is C24H39N3O2Si. The summed E-state index contributed by atoms with van der Waals surface area (Å²) in [5.74, 6) is 3.45. The summed E-state index contributed by atoms with van der Waals surface area (Å²) < 4.78 is 5.51. The van der Waals surface area contributed by atoms with Crippen molar-refractivity contribution in [3.63, 3.8) is 0 Å². The maximum Gasteiger partial charge on any atom is 0.410 e. The number of anilines is 1. The average Bonchev–Trinajstić information content (AvgIpc) is 2.61. The van der Waals surface area contributed by atoms with Crippen LogP contribution < -0.4 is 5.73 Å². The lowest BCUT2D eigenvalue weighted by molar-refractivity contribution is 0.0138. The average molecular weight is 430 g/mol. The number of carbonyl (C=O) groups excluding carboxylic acids is 1. The van der Waals surface area contributed by atoms with Gasteiger partial charge in [-0.05, 0) is 63.8 Å². The second-order valence-electron chi connectivity index (χ2n) is 10.4. The molecule has 30 heavy (non-hydrogen) atoms. The zero-order valence-electron chi connectivity index (χ0n) is 20.3. The maximum absolute atomic E-state index is 12.3. The molecule has 0 unspecified atom stereocenters. The van der Waals surface area contributed by atoms with E-state index < -0.39 is 13.7 Å². The van der Waals surface area contributed by atoms with Crippen LogP contribution in [0, 0.1) is 32.2 Å². The third-order valence-corrected chi connectivity index (χ3v) is 6.31. The summed E-state index contributed by atoms with van der Waals surface area (Å²) in [5.41, 5.74) is 16.2. The van der Waals surface area contributed by atoms with Crippen molar-refractivity contribution in [1.82, 2.24) is 9.80 Å². The van der Waals surface area contributed by atoms with E-state index in [1.165, 1.54) is 11.1 Å². The van der Waals surface area contributed by atoms with Crippen LogP contribution in [0.3, 0.4) is 0 Å². The van der Waals surface area contributed by atoms with Crippen molar-refractivity contribution in [2.45, 2.75) is 73.3 Å². The summed E-state index contributed by atoms with van der Waals surface area (Å²) in [4.78, 5) is 16.5. The molecule has 5 nitrogen and oxygen atoms in total. The number of nitrogen functional groups attached to an aromatic ring is 1. The first kappa shape index (κ1) is 24.3. The molecule has 0 radical (unpaired) electrons. The quantitative estimate of drug-likeness (QED) is 0.428. The van der Waals surface area contributed by atoms with Crippen LogP contribution in [0.2, 0.25) is 19.6 Å². The van der Waals surface area contributed by atoms with Crippen molar-refractivity contribution in [3.8, 4) is 11.5 Å². The second-order valence-corrected chi connectivity index (χ2v) is 15.1. The number of ether oxygens (including phenoxy) is 1. The Morgan fingerprint density at radius 2 is 1.60 bits per heavy atom. The second kappa shape index (κ2) is 9.03. The molecule has 1 aromatic rings. The van der Waals surface area contributed by atoms with E-state index >= 15 is 0 Å². The summed E-state index contributed by atoms with van der Waals surface area (Å²) >= 11 is 0. The zero-order valence-corrected chi connectivity index (χ0v) is 21.3. The minimum absolute atomic E-state index is 0.224. The Hall–Kier alpha value is -1.97. The largest absolute Gasteiger partial charge is 0.444 e. The highest BCUT2D eigenvalue weighted by Gasteiger charge is 2.26. The highest BCUT2D eigenvalue weighted by Crippen LogP contribution is 2.30. The van der Waals surface area contributed by atoms with Gasteiger partial charge >= 0.3 is 6.09 Å². The van der Waals surface area contributed by atoms with Crippen LogP contribution in [0.25, 0.3) is 0 Å². The fourth-order valence-electron chi connectivity index (χ4n) is 3.61. The molecule has 0 aliphatic carbocycles. The number of amides is 1. The van der Waals surface area contributed by atoms with E-state index in [9.17, 15) is 4.79 Å². The minimum atomic E-state index is -1.47. The molecule has 1 saturated heterocycles. The molecule has 2 N–H and O–H groups in total. The van der Waals surface area contributed by atoms with Gasteiger partial charge in [-0.15, -0.1) is 5.54 Å². The smallest absolute Gasteiger partial charge is 0.410 e. The molecule has 2 rings (SSSR count). The summed E-state index contributed by atoms with van der Waals surface area (Å²) in [6.45, 7) is 22.6. The lowest BCUT2D eigenvalue weighted by atomic mass is 9.91. The van der Waals surface area contributed by atoms with Crippen LogP contribution in [0.5, 0.6) is 0 Å². The normalized spacial score (nSPS) is 15.6. The fraction of sp³-hybridized carbons (Fsp3) is 0.625. The van der Waals surface area contributed by atoms with E-state index in [1.54, 1.807) is 4.90 Å². The Morgan fingerprint density at radius 3 is 2.10 bits per heavy atom. The molecule has 1 heterocycles. The van der Waals surface area contributed by atoms with Crippen molar-refractivity contribution >= 4 is 19.9 Å². The Labute approximate surface area is 184 Å². The SMILES string of the molecule is Cc1c(N)c(C)c(CN2CCN(C(=O)OC(C)(C)C)CC2)c(C)c1C#C[Si](C)(C)C. The molecule has 1 aromatic carbocycles.